The number of allylic oxidation sites excluding steroid dienone is 1. The van der Waals surface area contributed by atoms with Gasteiger partial charge in [-0.1, -0.05) is 18.2 Å². The van der Waals surface area contributed by atoms with E-state index in [-0.39, 0.29) is 0 Å². The second-order valence-electron chi connectivity index (χ2n) is 6.79. The molecule has 3 aromatic rings. The van der Waals surface area contributed by atoms with Crippen LogP contribution in [0, 0.1) is 0 Å². The number of nitrogens with one attached hydrogen (secondary N) is 1. The van der Waals surface area contributed by atoms with Gasteiger partial charge in [0.2, 0.25) is 5.95 Å². The normalized spacial score (nSPS) is 17.2. The summed E-state index contributed by atoms with van der Waals surface area (Å²) in [5.74, 6) is 0.514. The van der Waals surface area contributed by atoms with Crippen molar-refractivity contribution in [2.75, 3.05) is 11.9 Å². The molecule has 0 radical (unpaired) electrons. The third kappa shape index (κ3) is 2.65. The van der Waals surface area contributed by atoms with E-state index in [1.54, 1.807) is 6.20 Å². The standard InChI is InChI=1S/C20H17FN4/c21-20(7-8-20)12-24-19-23-11-16-15(4-6-18(16)25-19)13-3-5-17-14(10-13)2-1-9-22-17/h1-5,9-11H,6-8,12H2,(H,23,24,25). The van der Waals surface area contributed by atoms with Crippen LogP contribution in [-0.4, -0.2) is 27.2 Å². The zero-order valence-electron chi connectivity index (χ0n) is 13.7. The van der Waals surface area contributed by atoms with E-state index in [1.165, 1.54) is 0 Å². The fourth-order valence-electron chi connectivity index (χ4n) is 3.26. The monoisotopic (exact) mass is 332 g/mol. The second-order valence-corrected chi connectivity index (χ2v) is 6.79. The summed E-state index contributed by atoms with van der Waals surface area (Å²) in [5, 5.41) is 4.14. The van der Waals surface area contributed by atoms with E-state index >= 15 is 0 Å². The van der Waals surface area contributed by atoms with Gasteiger partial charge in [-0.15, -0.1) is 0 Å². The Hall–Kier alpha value is -2.82. The summed E-state index contributed by atoms with van der Waals surface area (Å²) in [6, 6.07) is 10.3. The molecule has 1 saturated carbocycles. The van der Waals surface area contributed by atoms with Gasteiger partial charge < -0.3 is 5.32 Å². The van der Waals surface area contributed by atoms with Crippen molar-refractivity contribution in [3.8, 4) is 0 Å². The molecule has 0 bridgehead atoms. The van der Waals surface area contributed by atoms with Crippen molar-refractivity contribution in [2.24, 2.45) is 0 Å². The maximum atomic E-state index is 13.7. The first-order valence-corrected chi connectivity index (χ1v) is 8.55. The molecular formula is C20H17FN4. The summed E-state index contributed by atoms with van der Waals surface area (Å²) in [6.07, 6.45) is 7.86. The number of rotatable bonds is 4. The summed E-state index contributed by atoms with van der Waals surface area (Å²) in [4.78, 5) is 13.3. The van der Waals surface area contributed by atoms with Gasteiger partial charge >= 0.3 is 0 Å². The molecule has 0 amide bonds. The minimum Gasteiger partial charge on any atom is -0.351 e. The number of benzene rings is 1. The minimum absolute atomic E-state index is 0.295. The lowest BCUT2D eigenvalue weighted by Gasteiger charge is -2.10. The topological polar surface area (TPSA) is 50.7 Å². The summed E-state index contributed by atoms with van der Waals surface area (Å²) in [7, 11) is 0. The Kier molecular flexibility index (Phi) is 3.10. The van der Waals surface area contributed by atoms with Crippen molar-refractivity contribution in [2.45, 2.75) is 24.9 Å². The first-order valence-electron chi connectivity index (χ1n) is 8.55. The lowest BCUT2D eigenvalue weighted by Crippen LogP contribution is -2.17. The highest BCUT2D eigenvalue weighted by molar-refractivity contribution is 5.89. The predicted octanol–water partition coefficient (Wildman–Crippen LogP) is 3.93. The Balaban J connectivity index is 1.43. The van der Waals surface area contributed by atoms with Crippen LogP contribution in [0.1, 0.15) is 29.7 Å². The van der Waals surface area contributed by atoms with E-state index in [0.717, 1.165) is 39.7 Å². The van der Waals surface area contributed by atoms with Crippen LogP contribution in [0.3, 0.4) is 0 Å². The quantitative estimate of drug-likeness (QED) is 0.786. The fourth-order valence-corrected chi connectivity index (χ4v) is 3.26. The predicted molar refractivity (Wildman–Crippen MR) is 96.1 cm³/mol. The maximum Gasteiger partial charge on any atom is 0.223 e. The second kappa shape index (κ2) is 5.34. The molecular weight excluding hydrogens is 315 g/mol. The van der Waals surface area contributed by atoms with Gasteiger partial charge in [0.25, 0.3) is 0 Å². The Bertz CT molecular complexity index is 1010. The third-order valence-corrected chi connectivity index (χ3v) is 4.93. The molecule has 1 N–H and O–H groups in total. The first kappa shape index (κ1) is 14.5. The summed E-state index contributed by atoms with van der Waals surface area (Å²) in [5.41, 5.74) is 4.27. The zero-order chi connectivity index (χ0) is 16.9. The molecule has 0 atom stereocenters. The molecule has 0 spiro atoms. The SMILES string of the molecule is FC1(CNc2ncc3c(n2)CC=C3c2ccc3ncccc3c2)CC1. The molecule has 1 aromatic carbocycles. The van der Waals surface area contributed by atoms with Crippen molar-refractivity contribution in [1.82, 2.24) is 15.0 Å². The number of nitrogens with zero attached hydrogens (tertiary/aromatic N) is 3. The summed E-state index contributed by atoms with van der Waals surface area (Å²) < 4.78 is 13.7. The molecule has 2 aliphatic carbocycles. The highest BCUT2D eigenvalue weighted by Crippen LogP contribution is 2.39. The van der Waals surface area contributed by atoms with E-state index in [4.69, 9.17) is 0 Å². The van der Waals surface area contributed by atoms with Gasteiger partial charge in [-0.25, -0.2) is 14.4 Å². The zero-order valence-corrected chi connectivity index (χ0v) is 13.7. The molecule has 2 heterocycles. The molecule has 0 aliphatic heterocycles. The van der Waals surface area contributed by atoms with Crippen molar-refractivity contribution in [3.05, 3.63) is 65.6 Å². The summed E-state index contributed by atoms with van der Waals surface area (Å²) in [6.45, 7) is 0.295. The average Bonchev–Trinajstić information content (AvgIpc) is 3.24. The smallest absolute Gasteiger partial charge is 0.223 e. The molecule has 0 saturated heterocycles. The lowest BCUT2D eigenvalue weighted by molar-refractivity contribution is 0.326. The van der Waals surface area contributed by atoms with E-state index in [2.05, 4.69) is 44.5 Å². The highest BCUT2D eigenvalue weighted by atomic mass is 19.1. The van der Waals surface area contributed by atoms with Crippen molar-refractivity contribution in [3.63, 3.8) is 0 Å². The molecule has 4 nitrogen and oxygen atoms in total. The number of anilines is 1. The Morgan fingerprint density at radius 2 is 2.08 bits per heavy atom. The number of fused-ring (bicyclic) bond motifs is 2. The number of hydrogen-bond acceptors (Lipinski definition) is 4. The average molecular weight is 332 g/mol. The first-order chi connectivity index (χ1) is 12.2. The Morgan fingerprint density at radius 1 is 1.16 bits per heavy atom. The Morgan fingerprint density at radius 3 is 2.96 bits per heavy atom. The van der Waals surface area contributed by atoms with Gasteiger partial charge in [-0.2, -0.15) is 0 Å². The highest BCUT2D eigenvalue weighted by Gasteiger charge is 2.43. The van der Waals surface area contributed by atoms with Gasteiger partial charge in [-0.3, -0.25) is 4.98 Å². The van der Waals surface area contributed by atoms with Crippen LogP contribution in [0.5, 0.6) is 0 Å². The van der Waals surface area contributed by atoms with Crippen molar-refractivity contribution < 1.29 is 4.39 Å². The summed E-state index contributed by atoms with van der Waals surface area (Å²) >= 11 is 0. The molecule has 1 fully saturated rings. The molecule has 5 heteroatoms. The fraction of sp³-hybridized carbons (Fsp3) is 0.250. The van der Waals surface area contributed by atoms with Crippen LogP contribution in [0.15, 0.2) is 48.8 Å². The van der Waals surface area contributed by atoms with Gasteiger partial charge in [0.1, 0.15) is 5.67 Å². The van der Waals surface area contributed by atoms with Gasteiger partial charge in [-0.05, 0) is 42.2 Å². The van der Waals surface area contributed by atoms with Crippen LogP contribution in [0.25, 0.3) is 16.5 Å². The van der Waals surface area contributed by atoms with E-state index in [9.17, 15) is 4.39 Å². The van der Waals surface area contributed by atoms with Crippen LogP contribution < -0.4 is 5.32 Å². The number of pyridine rings is 1. The van der Waals surface area contributed by atoms with Crippen molar-refractivity contribution in [1.29, 1.82) is 0 Å². The molecule has 25 heavy (non-hydrogen) atoms. The number of hydrogen-bond donors (Lipinski definition) is 1. The molecule has 0 unspecified atom stereocenters. The maximum absolute atomic E-state index is 13.7. The molecule has 2 aliphatic rings. The van der Waals surface area contributed by atoms with E-state index in [1.807, 2.05) is 18.3 Å². The number of aromatic nitrogens is 3. The van der Waals surface area contributed by atoms with Gasteiger partial charge in [0, 0.05) is 29.8 Å². The van der Waals surface area contributed by atoms with Crippen LogP contribution in [-0.2, 0) is 6.42 Å². The minimum atomic E-state index is -1.05. The number of halogens is 1. The van der Waals surface area contributed by atoms with Crippen LogP contribution in [0.4, 0.5) is 10.3 Å². The Labute approximate surface area is 144 Å². The third-order valence-electron chi connectivity index (χ3n) is 4.93. The van der Waals surface area contributed by atoms with Gasteiger partial charge in [0.05, 0.1) is 17.8 Å². The molecule has 2 aromatic heterocycles. The van der Waals surface area contributed by atoms with Crippen LogP contribution in [0.2, 0.25) is 0 Å². The number of alkyl halides is 1. The van der Waals surface area contributed by atoms with E-state index in [0.29, 0.717) is 25.3 Å². The van der Waals surface area contributed by atoms with E-state index < -0.39 is 5.67 Å². The van der Waals surface area contributed by atoms with Crippen molar-refractivity contribution >= 4 is 22.4 Å². The lowest BCUT2D eigenvalue weighted by atomic mass is 10.0. The van der Waals surface area contributed by atoms with Crippen LogP contribution >= 0.6 is 0 Å². The van der Waals surface area contributed by atoms with Gasteiger partial charge in [0.15, 0.2) is 0 Å². The largest absolute Gasteiger partial charge is 0.351 e. The molecule has 5 rings (SSSR count). The molecule has 124 valence electrons.